The first-order chi connectivity index (χ1) is 14.6. The predicted molar refractivity (Wildman–Crippen MR) is 111 cm³/mol. The van der Waals surface area contributed by atoms with Crippen LogP contribution in [0.4, 0.5) is 6.01 Å². The van der Waals surface area contributed by atoms with Gasteiger partial charge in [-0.15, -0.1) is 5.10 Å². The number of hydrogen-bond acceptors (Lipinski definition) is 6. The van der Waals surface area contributed by atoms with Crippen molar-refractivity contribution in [3.63, 3.8) is 0 Å². The fourth-order valence-corrected chi connectivity index (χ4v) is 2.84. The Labute approximate surface area is 172 Å². The summed E-state index contributed by atoms with van der Waals surface area (Å²) in [6.07, 6.45) is 0. The Hall–Kier alpha value is -4.26. The molecule has 1 amide bonds. The van der Waals surface area contributed by atoms with Crippen LogP contribution in [-0.2, 0) is 0 Å². The third-order valence-corrected chi connectivity index (χ3v) is 4.41. The van der Waals surface area contributed by atoms with Gasteiger partial charge in [-0.05, 0) is 30.3 Å². The molecule has 0 fully saturated rings. The molecule has 7 heteroatoms. The van der Waals surface area contributed by atoms with E-state index >= 15 is 0 Å². The van der Waals surface area contributed by atoms with Crippen LogP contribution in [-0.4, -0.2) is 29.0 Å². The predicted octanol–water partition coefficient (Wildman–Crippen LogP) is 4.23. The molecule has 0 saturated heterocycles. The molecule has 1 N–H and O–H groups in total. The van der Waals surface area contributed by atoms with Crippen LogP contribution in [0.3, 0.4) is 0 Å². The van der Waals surface area contributed by atoms with Crippen LogP contribution in [0.5, 0.6) is 5.75 Å². The molecule has 3 aromatic carbocycles. The molecule has 1 heterocycles. The van der Waals surface area contributed by atoms with E-state index in [1.54, 1.807) is 79.9 Å². The number of methoxy groups -OCH3 is 1. The number of ether oxygens (including phenoxy) is 1. The van der Waals surface area contributed by atoms with Crippen LogP contribution in [0.2, 0.25) is 0 Å². The minimum atomic E-state index is -0.422. The van der Waals surface area contributed by atoms with E-state index in [2.05, 4.69) is 15.5 Å². The fraction of sp³-hybridized carbons (Fsp3) is 0.0435. The minimum absolute atomic E-state index is 0.0257. The van der Waals surface area contributed by atoms with Gasteiger partial charge in [0.2, 0.25) is 5.89 Å². The largest absolute Gasteiger partial charge is 0.497 e. The van der Waals surface area contributed by atoms with Gasteiger partial charge in [-0.1, -0.05) is 53.6 Å². The van der Waals surface area contributed by atoms with Crippen molar-refractivity contribution in [2.75, 3.05) is 12.4 Å². The summed E-state index contributed by atoms with van der Waals surface area (Å²) < 4.78 is 10.7. The van der Waals surface area contributed by atoms with E-state index in [-0.39, 0.29) is 17.7 Å². The maximum Gasteiger partial charge on any atom is 0.322 e. The summed E-state index contributed by atoms with van der Waals surface area (Å²) in [7, 11) is 1.57. The Balaban J connectivity index is 1.45. The van der Waals surface area contributed by atoms with Crippen LogP contribution < -0.4 is 10.1 Å². The first kappa shape index (κ1) is 19.1. The number of nitrogens with zero attached hydrogens (tertiary/aromatic N) is 2. The van der Waals surface area contributed by atoms with Gasteiger partial charge in [-0.3, -0.25) is 14.9 Å². The third-order valence-electron chi connectivity index (χ3n) is 4.41. The van der Waals surface area contributed by atoms with E-state index in [1.807, 2.05) is 6.07 Å². The fourth-order valence-electron chi connectivity index (χ4n) is 2.84. The van der Waals surface area contributed by atoms with Gasteiger partial charge in [-0.25, -0.2) is 0 Å². The average Bonchev–Trinajstić information content (AvgIpc) is 3.28. The lowest BCUT2D eigenvalue weighted by atomic mass is 10.0. The molecule has 0 aliphatic heterocycles. The second-order valence-corrected chi connectivity index (χ2v) is 6.37. The van der Waals surface area contributed by atoms with Crippen molar-refractivity contribution in [2.24, 2.45) is 0 Å². The Morgan fingerprint density at radius 3 is 2.27 bits per heavy atom. The number of carbonyl (C=O) groups excluding carboxylic acids is 2. The molecule has 0 saturated carbocycles. The highest BCUT2D eigenvalue weighted by Crippen LogP contribution is 2.24. The summed E-state index contributed by atoms with van der Waals surface area (Å²) in [6.45, 7) is 0. The van der Waals surface area contributed by atoms with E-state index in [9.17, 15) is 9.59 Å². The van der Waals surface area contributed by atoms with Gasteiger partial charge in [0.25, 0.3) is 5.91 Å². The SMILES string of the molecule is COc1cccc(-c2nnc(NC(=O)c3ccc(C(=O)c4ccccc4)cc3)o2)c1. The number of rotatable bonds is 6. The molecule has 4 aromatic rings. The number of hydrogen-bond donors (Lipinski definition) is 1. The maximum absolute atomic E-state index is 12.5. The van der Waals surface area contributed by atoms with E-state index in [0.29, 0.717) is 28.0 Å². The Bertz CT molecular complexity index is 1180. The second-order valence-electron chi connectivity index (χ2n) is 6.37. The first-order valence-electron chi connectivity index (χ1n) is 9.13. The lowest BCUT2D eigenvalue weighted by Crippen LogP contribution is -2.12. The van der Waals surface area contributed by atoms with Crippen molar-refractivity contribution in [1.29, 1.82) is 0 Å². The highest BCUT2D eigenvalue weighted by molar-refractivity contribution is 6.10. The van der Waals surface area contributed by atoms with Crippen molar-refractivity contribution in [3.8, 4) is 17.2 Å². The van der Waals surface area contributed by atoms with E-state index in [1.165, 1.54) is 0 Å². The monoisotopic (exact) mass is 399 g/mol. The van der Waals surface area contributed by atoms with Crippen LogP contribution in [0.25, 0.3) is 11.5 Å². The number of nitrogens with one attached hydrogen (secondary N) is 1. The van der Waals surface area contributed by atoms with Crippen molar-refractivity contribution < 1.29 is 18.7 Å². The molecule has 0 spiro atoms. The standard InChI is InChI=1S/C23H17N3O4/c1-29-19-9-5-8-18(14-19)22-25-26-23(30-22)24-21(28)17-12-10-16(11-13-17)20(27)15-6-3-2-4-7-15/h2-14H,1H3,(H,24,26,28). The average molecular weight is 399 g/mol. The molecule has 148 valence electrons. The van der Waals surface area contributed by atoms with E-state index in [4.69, 9.17) is 9.15 Å². The van der Waals surface area contributed by atoms with Gasteiger partial charge in [0, 0.05) is 22.3 Å². The van der Waals surface area contributed by atoms with Crippen molar-refractivity contribution in [3.05, 3.63) is 95.6 Å². The first-order valence-corrected chi connectivity index (χ1v) is 9.13. The van der Waals surface area contributed by atoms with Gasteiger partial charge in [-0.2, -0.15) is 0 Å². The summed E-state index contributed by atoms with van der Waals surface area (Å²) in [6, 6.07) is 22.4. The Morgan fingerprint density at radius 2 is 1.53 bits per heavy atom. The molecule has 30 heavy (non-hydrogen) atoms. The summed E-state index contributed by atoms with van der Waals surface area (Å²) in [4.78, 5) is 24.9. The lowest BCUT2D eigenvalue weighted by Gasteiger charge is -2.04. The highest BCUT2D eigenvalue weighted by Gasteiger charge is 2.14. The van der Waals surface area contributed by atoms with E-state index in [0.717, 1.165) is 0 Å². The quantitative estimate of drug-likeness (QED) is 0.488. The molecular weight excluding hydrogens is 382 g/mol. The molecule has 4 rings (SSSR count). The van der Waals surface area contributed by atoms with Gasteiger partial charge in [0.05, 0.1) is 7.11 Å². The Morgan fingerprint density at radius 1 is 0.833 bits per heavy atom. The lowest BCUT2D eigenvalue weighted by molar-refractivity contribution is 0.101. The zero-order valence-electron chi connectivity index (χ0n) is 16.0. The van der Waals surface area contributed by atoms with Crippen LogP contribution in [0.15, 0.2) is 83.3 Å². The number of anilines is 1. The Kier molecular flexibility index (Phi) is 5.34. The molecule has 7 nitrogen and oxygen atoms in total. The molecular formula is C23H17N3O4. The molecule has 0 bridgehead atoms. The van der Waals surface area contributed by atoms with Crippen LogP contribution in [0.1, 0.15) is 26.3 Å². The molecule has 0 aliphatic rings. The number of carbonyl (C=O) groups is 2. The smallest absolute Gasteiger partial charge is 0.322 e. The zero-order chi connectivity index (χ0) is 20.9. The van der Waals surface area contributed by atoms with Crippen molar-refractivity contribution >= 4 is 17.7 Å². The molecule has 0 atom stereocenters. The summed E-state index contributed by atoms with van der Waals surface area (Å²) in [5.74, 6) is 0.381. The summed E-state index contributed by atoms with van der Waals surface area (Å²) in [5, 5.41) is 10.4. The van der Waals surface area contributed by atoms with Gasteiger partial charge >= 0.3 is 6.01 Å². The minimum Gasteiger partial charge on any atom is -0.497 e. The molecule has 0 aliphatic carbocycles. The summed E-state index contributed by atoms with van der Waals surface area (Å²) >= 11 is 0. The normalized spacial score (nSPS) is 10.4. The van der Waals surface area contributed by atoms with Crippen LogP contribution in [0, 0.1) is 0 Å². The number of amides is 1. The van der Waals surface area contributed by atoms with Crippen LogP contribution >= 0.6 is 0 Å². The molecule has 0 radical (unpaired) electrons. The summed E-state index contributed by atoms with van der Waals surface area (Å²) in [5.41, 5.74) is 2.12. The van der Waals surface area contributed by atoms with Crippen molar-refractivity contribution in [1.82, 2.24) is 10.2 Å². The van der Waals surface area contributed by atoms with E-state index < -0.39 is 5.91 Å². The highest BCUT2D eigenvalue weighted by atomic mass is 16.5. The van der Waals surface area contributed by atoms with Crippen molar-refractivity contribution in [2.45, 2.75) is 0 Å². The number of aromatic nitrogens is 2. The van der Waals surface area contributed by atoms with Gasteiger partial charge < -0.3 is 9.15 Å². The maximum atomic E-state index is 12.5. The second kappa shape index (κ2) is 8.40. The van der Waals surface area contributed by atoms with Gasteiger partial charge in [0.1, 0.15) is 5.75 Å². The third kappa shape index (κ3) is 4.10. The topological polar surface area (TPSA) is 94.3 Å². The van der Waals surface area contributed by atoms with Gasteiger partial charge in [0.15, 0.2) is 5.78 Å². The zero-order valence-corrected chi connectivity index (χ0v) is 16.0. The number of benzene rings is 3. The molecule has 0 unspecified atom stereocenters. The molecule has 1 aromatic heterocycles. The number of ketones is 1.